The third-order valence-electron chi connectivity index (χ3n) is 1.87. The number of fused-ring (bicyclic) bond motifs is 1. The van der Waals surface area contributed by atoms with E-state index >= 15 is 0 Å². The van der Waals surface area contributed by atoms with E-state index in [1.54, 1.807) is 0 Å². The Balaban J connectivity index is 2.36. The van der Waals surface area contributed by atoms with E-state index in [2.05, 4.69) is 15.9 Å². The van der Waals surface area contributed by atoms with Gasteiger partial charge in [0, 0.05) is 19.2 Å². The largest absolute Gasteiger partial charge is 0.449 e. The van der Waals surface area contributed by atoms with Crippen LogP contribution in [0.2, 0.25) is 0 Å². The molecule has 0 amide bonds. The highest BCUT2D eigenvalue weighted by atomic mass is 79.9. The predicted molar refractivity (Wildman–Crippen MR) is 54.4 cm³/mol. The molecule has 1 aromatic rings. The summed E-state index contributed by atoms with van der Waals surface area (Å²) in [5.41, 5.74) is 1.19. The highest BCUT2D eigenvalue weighted by molar-refractivity contribution is 9.08. The van der Waals surface area contributed by atoms with E-state index in [1.165, 1.54) is 5.56 Å². The average molecular weight is 243 g/mol. The predicted octanol–water partition coefficient (Wildman–Crippen LogP) is 3.09. The van der Waals surface area contributed by atoms with Gasteiger partial charge in [0.15, 0.2) is 11.5 Å². The number of halogens is 1. The van der Waals surface area contributed by atoms with Gasteiger partial charge in [-0.15, -0.1) is 0 Å². The molecule has 3 heteroatoms. The topological polar surface area (TPSA) is 18.5 Å². The maximum absolute atomic E-state index is 5.59. The van der Waals surface area contributed by atoms with E-state index < -0.39 is 5.79 Å². The van der Waals surface area contributed by atoms with Crippen LogP contribution < -0.4 is 9.47 Å². The zero-order valence-corrected chi connectivity index (χ0v) is 9.22. The van der Waals surface area contributed by atoms with Crippen molar-refractivity contribution in [3.63, 3.8) is 0 Å². The Hall–Kier alpha value is -0.700. The van der Waals surface area contributed by atoms with Crippen molar-refractivity contribution in [3.8, 4) is 11.5 Å². The van der Waals surface area contributed by atoms with Crippen molar-refractivity contribution in [2.75, 3.05) is 0 Å². The molecule has 0 saturated heterocycles. The molecule has 0 N–H and O–H groups in total. The molecule has 0 radical (unpaired) electrons. The normalized spacial score (nSPS) is 17.5. The summed E-state index contributed by atoms with van der Waals surface area (Å²) in [7, 11) is 0. The summed E-state index contributed by atoms with van der Waals surface area (Å²) < 4.78 is 11.1. The van der Waals surface area contributed by atoms with Crippen LogP contribution in [0.1, 0.15) is 19.4 Å². The number of rotatable bonds is 1. The minimum Gasteiger partial charge on any atom is -0.449 e. The van der Waals surface area contributed by atoms with E-state index in [9.17, 15) is 0 Å². The molecular formula is C10H11BrO2. The second kappa shape index (κ2) is 2.91. The molecule has 0 spiro atoms. The summed E-state index contributed by atoms with van der Waals surface area (Å²) in [5, 5.41) is 0.837. The lowest BCUT2D eigenvalue weighted by Crippen LogP contribution is -2.29. The van der Waals surface area contributed by atoms with Crippen LogP contribution in [0, 0.1) is 0 Å². The molecule has 0 saturated carbocycles. The Bertz CT molecular complexity index is 334. The van der Waals surface area contributed by atoms with Crippen LogP contribution in [0.5, 0.6) is 11.5 Å². The molecule has 1 aromatic carbocycles. The molecule has 13 heavy (non-hydrogen) atoms. The van der Waals surface area contributed by atoms with Gasteiger partial charge in [0.2, 0.25) is 5.79 Å². The third kappa shape index (κ3) is 1.66. The molecule has 0 atom stereocenters. The number of alkyl halides is 1. The maximum Gasteiger partial charge on any atom is 0.246 e. The summed E-state index contributed by atoms with van der Waals surface area (Å²) >= 11 is 3.40. The van der Waals surface area contributed by atoms with Crippen LogP contribution in [0.3, 0.4) is 0 Å². The second-order valence-electron chi connectivity index (χ2n) is 3.52. The molecular weight excluding hydrogens is 232 g/mol. The molecule has 0 unspecified atom stereocenters. The van der Waals surface area contributed by atoms with E-state index in [0.29, 0.717) is 0 Å². The zero-order valence-electron chi connectivity index (χ0n) is 7.63. The van der Waals surface area contributed by atoms with E-state index in [4.69, 9.17) is 9.47 Å². The van der Waals surface area contributed by atoms with Crippen molar-refractivity contribution < 1.29 is 9.47 Å². The van der Waals surface area contributed by atoms with Gasteiger partial charge in [-0.05, 0) is 17.7 Å². The molecule has 70 valence electrons. The van der Waals surface area contributed by atoms with Crippen molar-refractivity contribution in [1.29, 1.82) is 0 Å². The summed E-state index contributed by atoms with van der Waals surface area (Å²) in [6.07, 6.45) is 0. The highest BCUT2D eigenvalue weighted by Crippen LogP contribution is 2.39. The fourth-order valence-electron chi connectivity index (χ4n) is 1.35. The minimum atomic E-state index is -0.521. The third-order valence-corrected chi connectivity index (χ3v) is 2.52. The van der Waals surface area contributed by atoms with Crippen molar-refractivity contribution in [2.24, 2.45) is 0 Å². The van der Waals surface area contributed by atoms with Crippen LogP contribution in [-0.2, 0) is 5.33 Å². The van der Waals surface area contributed by atoms with Crippen LogP contribution in [0.4, 0.5) is 0 Å². The highest BCUT2D eigenvalue weighted by Gasteiger charge is 2.31. The van der Waals surface area contributed by atoms with E-state index in [1.807, 2.05) is 32.0 Å². The van der Waals surface area contributed by atoms with Crippen molar-refractivity contribution >= 4 is 15.9 Å². The smallest absolute Gasteiger partial charge is 0.246 e. The summed E-state index contributed by atoms with van der Waals surface area (Å²) in [6.45, 7) is 3.81. The monoisotopic (exact) mass is 242 g/mol. The second-order valence-corrected chi connectivity index (χ2v) is 4.08. The molecule has 0 fully saturated rings. The quantitative estimate of drug-likeness (QED) is 0.705. The van der Waals surface area contributed by atoms with Gasteiger partial charge in [-0.1, -0.05) is 22.0 Å². The first-order valence-corrected chi connectivity index (χ1v) is 5.30. The minimum absolute atomic E-state index is 0.521. The maximum atomic E-state index is 5.59. The Labute approximate surface area is 86.0 Å². The molecule has 1 aliphatic heterocycles. The molecule has 2 rings (SSSR count). The summed E-state index contributed by atoms with van der Waals surface area (Å²) in [4.78, 5) is 0. The van der Waals surface area contributed by atoms with Crippen LogP contribution >= 0.6 is 15.9 Å². The molecule has 0 bridgehead atoms. The summed E-state index contributed by atoms with van der Waals surface area (Å²) in [6, 6.07) is 5.97. The first kappa shape index (κ1) is 8.88. The Morgan fingerprint density at radius 3 is 2.62 bits per heavy atom. The zero-order chi connectivity index (χ0) is 9.47. The lowest BCUT2D eigenvalue weighted by atomic mass is 10.2. The van der Waals surface area contributed by atoms with Gasteiger partial charge in [0.05, 0.1) is 0 Å². The van der Waals surface area contributed by atoms with Crippen LogP contribution in [0.15, 0.2) is 18.2 Å². The van der Waals surface area contributed by atoms with E-state index in [-0.39, 0.29) is 0 Å². The van der Waals surface area contributed by atoms with Crippen molar-refractivity contribution in [3.05, 3.63) is 23.8 Å². The van der Waals surface area contributed by atoms with Gasteiger partial charge < -0.3 is 9.47 Å². The number of benzene rings is 1. The number of hydrogen-bond donors (Lipinski definition) is 0. The number of ether oxygens (including phenoxy) is 2. The molecule has 1 heterocycles. The van der Waals surface area contributed by atoms with Crippen molar-refractivity contribution in [2.45, 2.75) is 25.0 Å². The molecule has 0 aliphatic carbocycles. The van der Waals surface area contributed by atoms with Gasteiger partial charge in [-0.2, -0.15) is 0 Å². The van der Waals surface area contributed by atoms with Gasteiger partial charge >= 0.3 is 0 Å². The fraction of sp³-hybridized carbons (Fsp3) is 0.400. The first-order valence-electron chi connectivity index (χ1n) is 4.18. The SMILES string of the molecule is CC1(C)Oc2ccc(CBr)cc2O1. The summed E-state index contributed by atoms with van der Waals surface area (Å²) in [5.74, 6) is 1.14. The fourth-order valence-corrected chi connectivity index (χ4v) is 1.70. The van der Waals surface area contributed by atoms with Gasteiger partial charge in [0.1, 0.15) is 0 Å². The lowest BCUT2D eigenvalue weighted by Gasteiger charge is -2.16. The Kier molecular flexibility index (Phi) is 1.99. The number of hydrogen-bond acceptors (Lipinski definition) is 2. The van der Waals surface area contributed by atoms with Gasteiger partial charge in [0.25, 0.3) is 0 Å². The molecule has 0 aromatic heterocycles. The Morgan fingerprint density at radius 1 is 1.23 bits per heavy atom. The Morgan fingerprint density at radius 2 is 1.92 bits per heavy atom. The first-order chi connectivity index (χ1) is 6.11. The molecule has 1 aliphatic rings. The van der Waals surface area contributed by atoms with E-state index in [0.717, 1.165) is 16.8 Å². The standard InChI is InChI=1S/C10H11BrO2/c1-10(2)12-8-4-3-7(6-11)5-9(8)13-10/h3-5H,6H2,1-2H3. The van der Waals surface area contributed by atoms with Crippen molar-refractivity contribution in [1.82, 2.24) is 0 Å². The lowest BCUT2D eigenvalue weighted by molar-refractivity contribution is -0.0431. The van der Waals surface area contributed by atoms with Crippen LogP contribution in [0.25, 0.3) is 0 Å². The van der Waals surface area contributed by atoms with Gasteiger partial charge in [-0.25, -0.2) is 0 Å². The van der Waals surface area contributed by atoms with Crippen LogP contribution in [-0.4, -0.2) is 5.79 Å². The average Bonchev–Trinajstić information content (AvgIpc) is 2.36. The molecule has 2 nitrogen and oxygen atoms in total. The van der Waals surface area contributed by atoms with Gasteiger partial charge in [-0.3, -0.25) is 0 Å².